The van der Waals surface area contributed by atoms with Gasteiger partial charge in [0.05, 0.1) is 5.60 Å². The Balaban J connectivity index is 3.96. The lowest BCUT2D eigenvalue weighted by Crippen LogP contribution is -2.30. The van der Waals surface area contributed by atoms with E-state index in [1.807, 2.05) is 6.92 Å². The van der Waals surface area contributed by atoms with Gasteiger partial charge >= 0.3 is 0 Å². The monoisotopic (exact) mass is 238 g/mol. The van der Waals surface area contributed by atoms with Crippen molar-refractivity contribution in [2.45, 2.75) is 72.8 Å². The van der Waals surface area contributed by atoms with E-state index in [9.17, 15) is 5.11 Å². The van der Waals surface area contributed by atoms with Crippen molar-refractivity contribution in [1.29, 1.82) is 0 Å². The molecular weight excluding hydrogens is 208 g/mol. The van der Waals surface area contributed by atoms with E-state index in [1.54, 1.807) is 0 Å². The minimum atomic E-state index is -0.531. The van der Waals surface area contributed by atoms with E-state index >= 15 is 0 Å². The van der Waals surface area contributed by atoms with Crippen LogP contribution >= 0.6 is 0 Å². The largest absolute Gasteiger partial charge is 0.390 e. The Morgan fingerprint density at radius 2 is 1.71 bits per heavy atom. The molecule has 0 fully saturated rings. The fraction of sp³-hybridized carbons (Fsp3) is 0.750. The van der Waals surface area contributed by atoms with Crippen LogP contribution in [-0.2, 0) is 0 Å². The zero-order valence-corrected chi connectivity index (χ0v) is 12.5. The molecule has 0 amide bonds. The van der Waals surface area contributed by atoms with Crippen LogP contribution in [0.2, 0.25) is 0 Å². The van der Waals surface area contributed by atoms with Crippen molar-refractivity contribution in [2.75, 3.05) is 0 Å². The molecule has 100 valence electrons. The SMILES string of the molecule is CC(C)=CCC/C(C)=C/CCC(C)(O)C(C)C. The lowest BCUT2D eigenvalue weighted by atomic mass is 9.87. The minimum Gasteiger partial charge on any atom is -0.390 e. The molecule has 0 aromatic heterocycles. The van der Waals surface area contributed by atoms with E-state index < -0.39 is 5.60 Å². The first kappa shape index (κ1) is 16.4. The summed E-state index contributed by atoms with van der Waals surface area (Å²) in [5.41, 5.74) is 2.29. The van der Waals surface area contributed by atoms with Gasteiger partial charge in [-0.3, -0.25) is 0 Å². The molecule has 0 spiro atoms. The number of allylic oxidation sites excluding steroid dienone is 4. The third-order valence-electron chi connectivity index (χ3n) is 3.48. The Bertz CT molecular complexity index is 265. The second-order valence-corrected chi connectivity index (χ2v) is 5.92. The average Bonchev–Trinajstić information content (AvgIpc) is 2.16. The highest BCUT2D eigenvalue weighted by molar-refractivity contribution is 5.02. The van der Waals surface area contributed by atoms with E-state index in [0.29, 0.717) is 5.92 Å². The molecule has 0 aliphatic rings. The standard InChI is InChI=1S/C16H30O/c1-13(2)9-7-10-15(5)11-8-12-16(6,17)14(3)4/h9,11,14,17H,7-8,10,12H2,1-6H3/b15-11+. The number of aliphatic hydroxyl groups is 1. The molecule has 0 saturated heterocycles. The molecule has 0 aromatic rings. The van der Waals surface area contributed by atoms with Gasteiger partial charge in [0, 0.05) is 0 Å². The first-order valence-corrected chi connectivity index (χ1v) is 6.77. The molecule has 1 heteroatoms. The van der Waals surface area contributed by atoms with Crippen molar-refractivity contribution in [3.05, 3.63) is 23.3 Å². The molecule has 0 aliphatic carbocycles. The summed E-state index contributed by atoms with van der Waals surface area (Å²) >= 11 is 0. The predicted molar refractivity (Wildman–Crippen MR) is 77.1 cm³/mol. The van der Waals surface area contributed by atoms with E-state index in [0.717, 1.165) is 25.7 Å². The Hall–Kier alpha value is -0.560. The van der Waals surface area contributed by atoms with E-state index in [1.165, 1.54) is 11.1 Å². The summed E-state index contributed by atoms with van der Waals surface area (Å²) in [5, 5.41) is 10.1. The normalized spacial score (nSPS) is 15.9. The van der Waals surface area contributed by atoms with Crippen LogP contribution in [0, 0.1) is 5.92 Å². The summed E-state index contributed by atoms with van der Waals surface area (Å²) in [6.07, 6.45) is 8.65. The second kappa shape index (κ2) is 7.71. The van der Waals surface area contributed by atoms with Crippen molar-refractivity contribution in [3.8, 4) is 0 Å². The van der Waals surface area contributed by atoms with Gasteiger partial charge in [-0.05, 0) is 59.3 Å². The van der Waals surface area contributed by atoms with Crippen molar-refractivity contribution in [2.24, 2.45) is 5.92 Å². The lowest BCUT2D eigenvalue weighted by Gasteiger charge is -2.27. The molecule has 1 unspecified atom stereocenters. The Kier molecular flexibility index (Phi) is 7.45. The van der Waals surface area contributed by atoms with Crippen LogP contribution in [0.1, 0.15) is 67.2 Å². The Morgan fingerprint density at radius 1 is 1.12 bits per heavy atom. The van der Waals surface area contributed by atoms with Crippen LogP contribution < -0.4 is 0 Å². The highest BCUT2D eigenvalue weighted by Crippen LogP contribution is 2.22. The second-order valence-electron chi connectivity index (χ2n) is 5.92. The maximum atomic E-state index is 10.1. The maximum Gasteiger partial charge on any atom is 0.0645 e. The van der Waals surface area contributed by atoms with Crippen LogP contribution in [0.25, 0.3) is 0 Å². The number of hydrogen-bond donors (Lipinski definition) is 1. The summed E-state index contributed by atoms with van der Waals surface area (Å²) in [5.74, 6) is 0.321. The molecule has 0 rings (SSSR count). The van der Waals surface area contributed by atoms with Crippen molar-refractivity contribution in [3.63, 3.8) is 0 Å². The van der Waals surface area contributed by atoms with E-state index in [4.69, 9.17) is 0 Å². The quantitative estimate of drug-likeness (QED) is 0.628. The summed E-state index contributed by atoms with van der Waals surface area (Å²) in [4.78, 5) is 0. The van der Waals surface area contributed by atoms with Gasteiger partial charge in [0.15, 0.2) is 0 Å². The molecule has 17 heavy (non-hydrogen) atoms. The Morgan fingerprint density at radius 3 is 2.18 bits per heavy atom. The minimum absolute atomic E-state index is 0.321. The summed E-state index contributed by atoms with van der Waals surface area (Å²) in [7, 11) is 0. The molecule has 0 radical (unpaired) electrons. The fourth-order valence-electron chi connectivity index (χ4n) is 1.59. The third kappa shape index (κ3) is 8.20. The smallest absolute Gasteiger partial charge is 0.0645 e. The van der Waals surface area contributed by atoms with Gasteiger partial charge in [-0.25, -0.2) is 0 Å². The van der Waals surface area contributed by atoms with Crippen LogP contribution in [0.3, 0.4) is 0 Å². The predicted octanol–water partition coefficient (Wildman–Crippen LogP) is 4.87. The molecule has 1 nitrogen and oxygen atoms in total. The van der Waals surface area contributed by atoms with Crippen LogP contribution in [0.4, 0.5) is 0 Å². The number of rotatable bonds is 7. The average molecular weight is 238 g/mol. The maximum absolute atomic E-state index is 10.1. The van der Waals surface area contributed by atoms with Crippen LogP contribution in [0.15, 0.2) is 23.3 Å². The van der Waals surface area contributed by atoms with Gasteiger partial charge in [-0.2, -0.15) is 0 Å². The Labute approximate surface area is 108 Å². The molecular formula is C16H30O. The summed E-state index contributed by atoms with van der Waals surface area (Å²) in [6.45, 7) is 12.5. The molecule has 1 atom stereocenters. The summed E-state index contributed by atoms with van der Waals surface area (Å²) < 4.78 is 0. The molecule has 1 N–H and O–H groups in total. The van der Waals surface area contributed by atoms with Crippen molar-refractivity contribution < 1.29 is 5.11 Å². The zero-order valence-electron chi connectivity index (χ0n) is 12.5. The fourth-order valence-corrected chi connectivity index (χ4v) is 1.59. The van der Waals surface area contributed by atoms with E-state index in [2.05, 4.69) is 46.8 Å². The summed E-state index contributed by atoms with van der Waals surface area (Å²) in [6, 6.07) is 0. The molecule has 0 aliphatic heterocycles. The third-order valence-corrected chi connectivity index (χ3v) is 3.48. The highest BCUT2D eigenvalue weighted by atomic mass is 16.3. The molecule has 0 aromatic carbocycles. The molecule has 0 bridgehead atoms. The van der Waals surface area contributed by atoms with Gasteiger partial charge in [0.25, 0.3) is 0 Å². The highest BCUT2D eigenvalue weighted by Gasteiger charge is 2.23. The van der Waals surface area contributed by atoms with Gasteiger partial charge in [0.2, 0.25) is 0 Å². The topological polar surface area (TPSA) is 20.2 Å². The molecule has 0 heterocycles. The first-order chi connectivity index (χ1) is 7.75. The van der Waals surface area contributed by atoms with Crippen molar-refractivity contribution >= 4 is 0 Å². The molecule has 0 saturated carbocycles. The van der Waals surface area contributed by atoms with Crippen LogP contribution in [0.5, 0.6) is 0 Å². The van der Waals surface area contributed by atoms with Crippen molar-refractivity contribution in [1.82, 2.24) is 0 Å². The lowest BCUT2D eigenvalue weighted by molar-refractivity contribution is 0.00626. The van der Waals surface area contributed by atoms with Gasteiger partial charge < -0.3 is 5.11 Å². The zero-order chi connectivity index (χ0) is 13.5. The van der Waals surface area contributed by atoms with Crippen LogP contribution in [-0.4, -0.2) is 10.7 Å². The number of hydrogen-bond acceptors (Lipinski definition) is 1. The van der Waals surface area contributed by atoms with E-state index in [-0.39, 0.29) is 0 Å². The first-order valence-electron chi connectivity index (χ1n) is 6.77. The van der Waals surface area contributed by atoms with Gasteiger partial charge in [-0.15, -0.1) is 0 Å². The van der Waals surface area contributed by atoms with Gasteiger partial charge in [0.1, 0.15) is 0 Å². The van der Waals surface area contributed by atoms with Gasteiger partial charge in [-0.1, -0.05) is 37.1 Å².